The van der Waals surface area contributed by atoms with Crippen LogP contribution in [0.25, 0.3) is 0 Å². The van der Waals surface area contributed by atoms with Crippen molar-refractivity contribution in [2.45, 2.75) is 6.54 Å². The first-order valence-electron chi connectivity index (χ1n) is 4.96. The van der Waals surface area contributed by atoms with Crippen molar-refractivity contribution < 1.29 is 8.78 Å². The summed E-state index contributed by atoms with van der Waals surface area (Å²) in [5, 5.41) is 2.76. The summed E-state index contributed by atoms with van der Waals surface area (Å²) in [5.41, 5.74) is 0.363. The second-order valence-electron chi connectivity index (χ2n) is 3.40. The maximum absolute atomic E-state index is 13.5. The molecule has 0 atom stereocenters. The molecule has 2 nitrogen and oxygen atoms in total. The Kier molecular flexibility index (Phi) is 3.54. The van der Waals surface area contributed by atoms with Gasteiger partial charge in [0.1, 0.15) is 5.82 Å². The summed E-state index contributed by atoms with van der Waals surface area (Å²) in [6.45, 7) is 0.125. The molecule has 0 aliphatic rings. The zero-order chi connectivity index (χ0) is 12.3. The molecule has 0 spiro atoms. The number of rotatable bonds is 3. The largest absolute Gasteiger partial charge is 0.363 e. The smallest absolute Gasteiger partial charge is 0.165 e. The van der Waals surface area contributed by atoms with Crippen LogP contribution in [-0.2, 0) is 6.54 Å². The molecule has 0 bridgehead atoms. The molecule has 88 valence electrons. The Morgan fingerprint density at radius 3 is 2.76 bits per heavy atom. The van der Waals surface area contributed by atoms with Gasteiger partial charge in [-0.2, -0.15) is 0 Å². The van der Waals surface area contributed by atoms with Crippen LogP contribution in [-0.4, -0.2) is 4.98 Å². The predicted molar refractivity (Wildman–Crippen MR) is 62.9 cm³/mol. The molecule has 0 fully saturated rings. The Morgan fingerprint density at radius 2 is 2.00 bits per heavy atom. The van der Waals surface area contributed by atoms with E-state index in [1.54, 1.807) is 12.1 Å². The van der Waals surface area contributed by atoms with Crippen LogP contribution >= 0.6 is 11.6 Å². The van der Waals surface area contributed by atoms with Crippen LogP contribution in [0.3, 0.4) is 0 Å². The van der Waals surface area contributed by atoms with E-state index < -0.39 is 11.6 Å². The summed E-state index contributed by atoms with van der Waals surface area (Å²) < 4.78 is 26.7. The van der Waals surface area contributed by atoms with E-state index in [0.717, 1.165) is 0 Å². The minimum absolute atomic E-state index is 0.0470. The van der Waals surface area contributed by atoms with E-state index in [2.05, 4.69) is 10.3 Å². The molecule has 2 rings (SSSR count). The SMILES string of the molecule is Fc1cccnc1NCc1cccc(Cl)c1F. The van der Waals surface area contributed by atoms with E-state index in [1.807, 2.05) is 0 Å². The van der Waals surface area contributed by atoms with Crippen LogP contribution in [0.4, 0.5) is 14.6 Å². The van der Waals surface area contributed by atoms with Gasteiger partial charge >= 0.3 is 0 Å². The molecular weight excluding hydrogens is 246 g/mol. The van der Waals surface area contributed by atoms with Crippen molar-refractivity contribution in [3.8, 4) is 0 Å². The van der Waals surface area contributed by atoms with Crippen LogP contribution in [0.1, 0.15) is 5.56 Å². The van der Waals surface area contributed by atoms with Crippen LogP contribution in [0, 0.1) is 11.6 Å². The maximum Gasteiger partial charge on any atom is 0.165 e. The second-order valence-corrected chi connectivity index (χ2v) is 3.81. The first kappa shape index (κ1) is 11.8. The third-order valence-corrected chi connectivity index (χ3v) is 2.53. The Hall–Kier alpha value is -1.68. The lowest BCUT2D eigenvalue weighted by atomic mass is 10.2. The van der Waals surface area contributed by atoms with Gasteiger partial charge in [-0.3, -0.25) is 0 Å². The highest BCUT2D eigenvalue weighted by molar-refractivity contribution is 6.30. The van der Waals surface area contributed by atoms with Crippen molar-refractivity contribution in [1.82, 2.24) is 4.98 Å². The lowest BCUT2D eigenvalue weighted by Gasteiger charge is -2.07. The summed E-state index contributed by atoms with van der Waals surface area (Å²) in [5.74, 6) is -0.889. The van der Waals surface area contributed by atoms with E-state index in [9.17, 15) is 8.78 Å². The van der Waals surface area contributed by atoms with E-state index >= 15 is 0 Å². The Morgan fingerprint density at radius 1 is 1.18 bits per heavy atom. The standard InChI is InChI=1S/C12H9ClF2N2/c13-9-4-1-3-8(11(9)15)7-17-12-10(14)5-2-6-16-12/h1-6H,7H2,(H,16,17). The molecule has 1 heterocycles. The first-order valence-corrected chi connectivity index (χ1v) is 5.33. The fraction of sp³-hybridized carbons (Fsp3) is 0.0833. The topological polar surface area (TPSA) is 24.9 Å². The molecule has 17 heavy (non-hydrogen) atoms. The molecule has 0 aliphatic carbocycles. The number of hydrogen-bond acceptors (Lipinski definition) is 2. The molecule has 1 N–H and O–H groups in total. The Balaban J connectivity index is 2.13. The number of anilines is 1. The number of halogens is 3. The van der Waals surface area contributed by atoms with Crippen molar-refractivity contribution in [2.75, 3.05) is 5.32 Å². The number of hydrogen-bond donors (Lipinski definition) is 1. The van der Waals surface area contributed by atoms with Gasteiger partial charge in [-0.05, 0) is 18.2 Å². The minimum atomic E-state index is -0.502. The Labute approximate surface area is 102 Å². The predicted octanol–water partition coefficient (Wildman–Crippen LogP) is 3.63. The molecule has 1 aromatic carbocycles. The molecule has 0 radical (unpaired) electrons. The average molecular weight is 255 g/mol. The fourth-order valence-corrected chi connectivity index (χ4v) is 1.57. The van der Waals surface area contributed by atoms with Gasteiger partial charge in [0.2, 0.25) is 0 Å². The zero-order valence-electron chi connectivity index (χ0n) is 8.75. The highest BCUT2D eigenvalue weighted by Crippen LogP contribution is 2.19. The number of nitrogens with zero attached hydrogens (tertiary/aromatic N) is 1. The number of aromatic nitrogens is 1. The van der Waals surface area contributed by atoms with Crippen molar-refractivity contribution in [3.05, 3.63) is 58.7 Å². The number of nitrogens with one attached hydrogen (secondary N) is 1. The van der Waals surface area contributed by atoms with Crippen molar-refractivity contribution >= 4 is 17.4 Å². The van der Waals surface area contributed by atoms with Crippen molar-refractivity contribution in [2.24, 2.45) is 0 Å². The van der Waals surface area contributed by atoms with Crippen molar-refractivity contribution in [1.29, 1.82) is 0 Å². The second kappa shape index (κ2) is 5.10. The molecule has 0 amide bonds. The highest BCUT2D eigenvalue weighted by Gasteiger charge is 2.07. The van der Waals surface area contributed by atoms with E-state index in [0.29, 0.717) is 5.56 Å². The van der Waals surface area contributed by atoms with Gasteiger partial charge < -0.3 is 5.32 Å². The molecule has 0 unspecified atom stereocenters. The van der Waals surface area contributed by atoms with Crippen LogP contribution < -0.4 is 5.32 Å². The van der Waals surface area contributed by atoms with Gasteiger partial charge in [0.05, 0.1) is 5.02 Å². The average Bonchev–Trinajstić information content (AvgIpc) is 2.33. The summed E-state index contributed by atoms with van der Waals surface area (Å²) in [6.07, 6.45) is 1.46. The number of pyridine rings is 1. The Bertz CT molecular complexity index is 532. The van der Waals surface area contributed by atoms with Gasteiger partial charge in [-0.15, -0.1) is 0 Å². The van der Waals surface area contributed by atoms with E-state index in [-0.39, 0.29) is 17.4 Å². The summed E-state index contributed by atoms with van der Waals surface area (Å²) in [4.78, 5) is 3.80. The van der Waals surface area contributed by atoms with Crippen LogP contribution in [0.2, 0.25) is 5.02 Å². The van der Waals surface area contributed by atoms with Gasteiger partial charge in [0, 0.05) is 18.3 Å². The van der Waals surface area contributed by atoms with Gasteiger partial charge in [0.15, 0.2) is 11.6 Å². The third kappa shape index (κ3) is 2.71. The molecule has 0 aliphatic heterocycles. The molecule has 5 heteroatoms. The van der Waals surface area contributed by atoms with Crippen LogP contribution in [0.5, 0.6) is 0 Å². The highest BCUT2D eigenvalue weighted by atomic mass is 35.5. The van der Waals surface area contributed by atoms with Gasteiger partial charge in [0.25, 0.3) is 0 Å². The van der Waals surface area contributed by atoms with Gasteiger partial charge in [-0.1, -0.05) is 23.7 Å². The van der Waals surface area contributed by atoms with Crippen LogP contribution in [0.15, 0.2) is 36.5 Å². The maximum atomic E-state index is 13.5. The molecule has 0 saturated heterocycles. The monoisotopic (exact) mass is 254 g/mol. The molecule has 1 aromatic heterocycles. The van der Waals surface area contributed by atoms with Crippen molar-refractivity contribution in [3.63, 3.8) is 0 Å². The normalized spacial score (nSPS) is 10.3. The summed E-state index contributed by atoms with van der Waals surface area (Å²) >= 11 is 5.63. The summed E-state index contributed by atoms with van der Waals surface area (Å²) in [6, 6.07) is 7.44. The third-order valence-electron chi connectivity index (χ3n) is 2.24. The lowest BCUT2D eigenvalue weighted by molar-refractivity contribution is 0.609. The fourth-order valence-electron chi connectivity index (χ4n) is 1.38. The first-order chi connectivity index (χ1) is 8.18. The van der Waals surface area contributed by atoms with E-state index in [1.165, 1.54) is 24.4 Å². The molecular formula is C12H9ClF2N2. The molecule has 0 saturated carbocycles. The molecule has 2 aromatic rings. The minimum Gasteiger partial charge on any atom is -0.363 e. The van der Waals surface area contributed by atoms with E-state index in [4.69, 9.17) is 11.6 Å². The van der Waals surface area contributed by atoms with Gasteiger partial charge in [-0.25, -0.2) is 13.8 Å². The quantitative estimate of drug-likeness (QED) is 0.905. The number of benzene rings is 1. The summed E-state index contributed by atoms with van der Waals surface area (Å²) in [7, 11) is 0. The lowest BCUT2D eigenvalue weighted by Crippen LogP contribution is -2.05. The zero-order valence-corrected chi connectivity index (χ0v) is 9.51.